The Morgan fingerprint density at radius 3 is 2.15 bits per heavy atom. The summed E-state index contributed by atoms with van der Waals surface area (Å²) < 4.78 is 0. The van der Waals surface area contributed by atoms with Crippen LogP contribution >= 0.6 is 0 Å². The molecule has 0 bridgehead atoms. The van der Waals surface area contributed by atoms with Gasteiger partial charge in [0.1, 0.15) is 0 Å². The summed E-state index contributed by atoms with van der Waals surface area (Å²) in [6, 6.07) is 0.468. The van der Waals surface area contributed by atoms with Gasteiger partial charge in [-0.15, -0.1) is 0 Å². The molecule has 1 aliphatic carbocycles. The number of nitrogens with two attached hydrogens (primary N) is 1. The highest BCUT2D eigenvalue weighted by atomic mass is 15.4. The molecule has 1 saturated heterocycles. The normalized spacial score (nSPS) is 24.0. The molecule has 0 unspecified atom stereocenters. The molecule has 3 N–H and O–H groups in total. The fourth-order valence-corrected chi connectivity index (χ4v) is 3.18. The first-order chi connectivity index (χ1) is 9.50. The Labute approximate surface area is 123 Å². The van der Waals surface area contributed by atoms with Crippen LogP contribution in [0, 0.1) is 0 Å². The number of nitrogens with zero attached hydrogens (tertiary/aromatic N) is 3. The standard InChI is InChI=1S/C15H31N5/c1-15(2,3)20-11-9-19(10-12-20)14(18-16)17-13-7-5-4-6-8-13/h13H,4-12,16H2,1-3H3,(H,17,18). The van der Waals surface area contributed by atoms with Crippen molar-refractivity contribution < 1.29 is 0 Å². The molecular weight excluding hydrogens is 250 g/mol. The molecule has 0 atom stereocenters. The number of hydrogen-bond donors (Lipinski definition) is 2. The minimum absolute atomic E-state index is 0.253. The van der Waals surface area contributed by atoms with Crippen LogP contribution in [0.25, 0.3) is 0 Å². The molecule has 1 heterocycles. The molecule has 2 fully saturated rings. The van der Waals surface area contributed by atoms with Crippen molar-refractivity contribution in [2.45, 2.75) is 64.5 Å². The highest BCUT2D eigenvalue weighted by Gasteiger charge is 2.27. The summed E-state index contributed by atoms with van der Waals surface area (Å²) in [4.78, 5) is 9.68. The first-order valence-corrected chi connectivity index (χ1v) is 8.05. The molecule has 116 valence electrons. The van der Waals surface area contributed by atoms with Gasteiger partial charge in [0.05, 0.1) is 6.04 Å². The summed E-state index contributed by atoms with van der Waals surface area (Å²) >= 11 is 0. The Morgan fingerprint density at radius 1 is 1.05 bits per heavy atom. The van der Waals surface area contributed by atoms with Crippen LogP contribution in [-0.4, -0.2) is 53.5 Å². The van der Waals surface area contributed by atoms with E-state index in [1.54, 1.807) is 0 Å². The molecule has 2 rings (SSSR count). The maximum absolute atomic E-state index is 5.71. The third-order valence-corrected chi connectivity index (χ3v) is 4.54. The average Bonchev–Trinajstić information content (AvgIpc) is 2.45. The molecular formula is C15H31N5. The van der Waals surface area contributed by atoms with Gasteiger partial charge in [0.2, 0.25) is 5.96 Å². The van der Waals surface area contributed by atoms with E-state index in [-0.39, 0.29) is 5.54 Å². The van der Waals surface area contributed by atoms with Crippen molar-refractivity contribution in [3.63, 3.8) is 0 Å². The molecule has 5 nitrogen and oxygen atoms in total. The van der Waals surface area contributed by atoms with Gasteiger partial charge in [-0.05, 0) is 33.6 Å². The van der Waals surface area contributed by atoms with Gasteiger partial charge in [-0.1, -0.05) is 19.3 Å². The van der Waals surface area contributed by atoms with E-state index in [1.165, 1.54) is 32.1 Å². The van der Waals surface area contributed by atoms with E-state index < -0.39 is 0 Å². The summed E-state index contributed by atoms with van der Waals surface area (Å²) in [6.07, 6.45) is 6.41. The van der Waals surface area contributed by atoms with Gasteiger partial charge >= 0.3 is 0 Å². The number of aliphatic imine (C=N–C) groups is 1. The van der Waals surface area contributed by atoms with E-state index in [9.17, 15) is 0 Å². The van der Waals surface area contributed by atoms with Crippen LogP contribution < -0.4 is 11.3 Å². The lowest BCUT2D eigenvalue weighted by molar-refractivity contribution is 0.0868. The summed E-state index contributed by atoms with van der Waals surface area (Å²) in [6.45, 7) is 11.0. The van der Waals surface area contributed by atoms with Crippen molar-refractivity contribution in [3.8, 4) is 0 Å². The maximum Gasteiger partial charge on any atom is 0.208 e. The molecule has 5 heteroatoms. The van der Waals surface area contributed by atoms with Crippen LogP contribution in [0.2, 0.25) is 0 Å². The van der Waals surface area contributed by atoms with Crippen LogP contribution in [0.3, 0.4) is 0 Å². The minimum atomic E-state index is 0.253. The summed E-state index contributed by atoms with van der Waals surface area (Å²) in [5.41, 5.74) is 3.08. The number of guanidine groups is 1. The number of hydrogen-bond acceptors (Lipinski definition) is 3. The van der Waals surface area contributed by atoms with Crippen molar-refractivity contribution in [2.24, 2.45) is 10.8 Å². The number of nitrogens with one attached hydrogen (secondary N) is 1. The third kappa shape index (κ3) is 4.09. The third-order valence-electron chi connectivity index (χ3n) is 4.54. The van der Waals surface area contributed by atoms with Gasteiger partial charge in [0.25, 0.3) is 0 Å². The minimum Gasteiger partial charge on any atom is -0.339 e. The average molecular weight is 281 g/mol. The van der Waals surface area contributed by atoms with Crippen molar-refractivity contribution in [3.05, 3.63) is 0 Å². The van der Waals surface area contributed by atoms with E-state index >= 15 is 0 Å². The quantitative estimate of drug-likeness (QED) is 0.331. The second-order valence-electron chi connectivity index (χ2n) is 7.03. The van der Waals surface area contributed by atoms with Gasteiger partial charge in [-0.25, -0.2) is 10.8 Å². The van der Waals surface area contributed by atoms with E-state index in [2.05, 4.69) is 36.0 Å². The molecule has 0 aromatic carbocycles. The topological polar surface area (TPSA) is 56.9 Å². The first kappa shape index (κ1) is 15.6. The van der Waals surface area contributed by atoms with E-state index in [1.807, 2.05) is 0 Å². The van der Waals surface area contributed by atoms with Gasteiger partial charge in [0, 0.05) is 31.7 Å². The number of piperazine rings is 1. The lowest BCUT2D eigenvalue weighted by Crippen LogP contribution is -2.57. The fraction of sp³-hybridized carbons (Fsp3) is 0.933. The van der Waals surface area contributed by atoms with Crippen LogP contribution in [-0.2, 0) is 0 Å². The molecule has 0 radical (unpaired) electrons. The second-order valence-corrected chi connectivity index (χ2v) is 7.03. The molecule has 0 amide bonds. The van der Waals surface area contributed by atoms with Gasteiger partial charge in [0.15, 0.2) is 0 Å². The van der Waals surface area contributed by atoms with E-state index in [0.29, 0.717) is 6.04 Å². The highest BCUT2D eigenvalue weighted by molar-refractivity contribution is 5.79. The molecule has 0 spiro atoms. The fourth-order valence-electron chi connectivity index (χ4n) is 3.18. The van der Waals surface area contributed by atoms with Crippen molar-refractivity contribution in [2.75, 3.05) is 26.2 Å². The van der Waals surface area contributed by atoms with Crippen molar-refractivity contribution >= 4 is 5.96 Å². The van der Waals surface area contributed by atoms with Gasteiger partial charge in [-0.3, -0.25) is 10.3 Å². The zero-order chi connectivity index (χ0) is 14.6. The Morgan fingerprint density at radius 2 is 1.65 bits per heavy atom. The monoisotopic (exact) mass is 281 g/mol. The predicted octanol–water partition coefficient (Wildman–Crippen LogP) is 1.55. The van der Waals surface area contributed by atoms with Crippen molar-refractivity contribution in [1.29, 1.82) is 0 Å². The zero-order valence-corrected chi connectivity index (χ0v) is 13.4. The van der Waals surface area contributed by atoms with Crippen molar-refractivity contribution in [1.82, 2.24) is 15.2 Å². The highest BCUT2D eigenvalue weighted by Crippen LogP contribution is 2.21. The molecule has 20 heavy (non-hydrogen) atoms. The van der Waals surface area contributed by atoms with Crippen LogP contribution in [0.5, 0.6) is 0 Å². The largest absolute Gasteiger partial charge is 0.339 e. The van der Waals surface area contributed by atoms with Crippen LogP contribution in [0.15, 0.2) is 4.99 Å². The van der Waals surface area contributed by atoms with Gasteiger partial charge < -0.3 is 4.90 Å². The molecule has 1 aliphatic heterocycles. The Hall–Kier alpha value is -0.810. The summed E-state index contributed by atoms with van der Waals surface area (Å²) in [7, 11) is 0. The van der Waals surface area contributed by atoms with E-state index in [0.717, 1.165) is 32.1 Å². The number of hydrazine groups is 1. The van der Waals surface area contributed by atoms with E-state index in [4.69, 9.17) is 10.8 Å². The van der Waals surface area contributed by atoms with Crippen LogP contribution in [0.4, 0.5) is 0 Å². The number of rotatable bonds is 1. The SMILES string of the molecule is CC(C)(C)N1CCN(C(=NC2CCCCC2)NN)CC1. The van der Waals surface area contributed by atoms with Crippen LogP contribution in [0.1, 0.15) is 52.9 Å². The molecule has 1 saturated carbocycles. The Balaban J connectivity index is 1.91. The second kappa shape index (κ2) is 6.76. The molecule has 0 aromatic rings. The zero-order valence-electron chi connectivity index (χ0n) is 13.4. The maximum atomic E-state index is 5.71. The summed E-state index contributed by atoms with van der Waals surface area (Å²) in [5.74, 6) is 6.60. The molecule has 2 aliphatic rings. The Bertz CT molecular complexity index is 320. The lowest BCUT2D eigenvalue weighted by atomic mass is 9.96. The smallest absolute Gasteiger partial charge is 0.208 e. The van der Waals surface area contributed by atoms with Gasteiger partial charge in [-0.2, -0.15) is 0 Å². The predicted molar refractivity (Wildman–Crippen MR) is 84.5 cm³/mol. The molecule has 0 aromatic heterocycles. The first-order valence-electron chi connectivity index (χ1n) is 8.05. The summed E-state index contributed by atoms with van der Waals surface area (Å²) in [5, 5.41) is 0. The Kier molecular flexibility index (Phi) is 5.27. The lowest BCUT2D eigenvalue weighted by Gasteiger charge is -2.43.